The number of hydrogen-bond acceptors (Lipinski definition) is 2. The van der Waals surface area contributed by atoms with E-state index in [9.17, 15) is 0 Å². The first kappa shape index (κ1) is 56.8. The lowest BCUT2D eigenvalue weighted by Gasteiger charge is -2.39. The molecular formula is C82H88B2O2. The molecule has 14 rings (SSSR count). The monoisotopic (exact) mass is 1130 g/mol. The van der Waals surface area contributed by atoms with Crippen LogP contribution in [0.5, 0.6) is 23.0 Å². The molecule has 4 aliphatic rings. The second-order valence-corrected chi connectivity index (χ2v) is 33.3. The molecule has 434 valence electrons. The molecule has 0 bridgehead atoms. The predicted octanol–water partition coefficient (Wildman–Crippen LogP) is 19.2. The van der Waals surface area contributed by atoms with Gasteiger partial charge in [0.2, 0.25) is 0 Å². The van der Waals surface area contributed by atoms with Gasteiger partial charge in [0.25, 0.3) is 13.4 Å². The van der Waals surface area contributed by atoms with Gasteiger partial charge in [0.1, 0.15) is 23.0 Å². The van der Waals surface area contributed by atoms with Gasteiger partial charge in [-0.3, -0.25) is 0 Å². The molecule has 10 aromatic rings. The Bertz CT molecular complexity index is 4210. The van der Waals surface area contributed by atoms with E-state index in [4.69, 9.17) is 9.47 Å². The average Bonchev–Trinajstić information content (AvgIpc) is 0.672. The Balaban J connectivity index is 1.32. The summed E-state index contributed by atoms with van der Waals surface area (Å²) in [5.41, 5.74) is 28.3. The molecule has 4 heterocycles. The van der Waals surface area contributed by atoms with E-state index in [2.05, 4.69) is 274 Å². The van der Waals surface area contributed by atoms with Crippen molar-refractivity contribution in [2.45, 2.75) is 197 Å². The summed E-state index contributed by atoms with van der Waals surface area (Å²) in [6.45, 7) is 52.9. The smallest absolute Gasteiger partial charge is 0.252 e. The molecule has 0 aromatic heterocycles. The summed E-state index contributed by atoms with van der Waals surface area (Å²) in [5.74, 6) is 4.43. The van der Waals surface area contributed by atoms with Crippen molar-refractivity contribution in [1.82, 2.24) is 0 Å². The second-order valence-electron chi connectivity index (χ2n) is 33.3. The molecule has 0 saturated heterocycles. The summed E-state index contributed by atoms with van der Waals surface area (Å²) in [5, 5.41) is 8.15. The van der Waals surface area contributed by atoms with Crippen molar-refractivity contribution in [3.63, 3.8) is 0 Å². The third kappa shape index (κ3) is 8.33. The predicted molar refractivity (Wildman–Crippen MR) is 375 cm³/mol. The molecule has 10 aromatic carbocycles. The summed E-state index contributed by atoms with van der Waals surface area (Å²) in [4.78, 5) is 0. The lowest BCUT2D eigenvalue weighted by atomic mass is 9.31. The third-order valence-corrected chi connectivity index (χ3v) is 20.3. The minimum Gasteiger partial charge on any atom is -0.458 e. The van der Waals surface area contributed by atoms with E-state index >= 15 is 0 Å². The van der Waals surface area contributed by atoms with Crippen LogP contribution in [0.3, 0.4) is 0 Å². The Morgan fingerprint density at radius 3 is 0.930 bits per heavy atom. The van der Waals surface area contributed by atoms with Crippen molar-refractivity contribution < 1.29 is 9.47 Å². The third-order valence-electron chi connectivity index (χ3n) is 20.3. The van der Waals surface area contributed by atoms with E-state index in [0.29, 0.717) is 0 Å². The van der Waals surface area contributed by atoms with E-state index in [1.54, 1.807) is 0 Å². The molecule has 0 radical (unpaired) electrons. The Hall–Kier alpha value is -7.03. The standard InChI is InChI=1S/C82H88B2O2/c1-43(2)45-31-55-51-39-49(69-57(79(11,12)13)35-47(77(5,6)7)36-58(69)80(14,15)16)53-42-64-72-52(56-32-46(44(3)4)34-68-76(56)84(64)62-28-24-26-30-66(62)86-68)40-50(70-59(81(17,18)19)37-48(78(8,9)10)38-60(70)82(20,21)22)54-41-63(71(51)73(53)74(54)72)83-61-27-23-25-29-65(61)85-67(33-45)75(55)83/h23-44H,1-22H3. The highest BCUT2D eigenvalue weighted by molar-refractivity contribution is 7.01. The van der Waals surface area contributed by atoms with Crippen LogP contribution in [0.25, 0.3) is 76.8 Å². The highest BCUT2D eigenvalue weighted by atomic mass is 16.5. The summed E-state index contributed by atoms with van der Waals surface area (Å²) in [6, 6.07) is 48.9. The number of benzene rings is 10. The molecule has 0 fully saturated rings. The summed E-state index contributed by atoms with van der Waals surface area (Å²) in [7, 11) is 0. The molecule has 0 amide bonds. The Kier molecular flexibility index (Phi) is 12.1. The minimum absolute atomic E-state index is 0.0657. The van der Waals surface area contributed by atoms with Crippen LogP contribution in [0.1, 0.15) is 209 Å². The van der Waals surface area contributed by atoms with Gasteiger partial charge in [-0.25, -0.2) is 0 Å². The van der Waals surface area contributed by atoms with Crippen molar-refractivity contribution in [3.8, 4) is 67.5 Å². The van der Waals surface area contributed by atoms with E-state index in [0.717, 1.165) is 23.0 Å². The molecule has 4 heteroatoms. The maximum Gasteiger partial charge on any atom is 0.252 e. The molecule has 0 atom stereocenters. The van der Waals surface area contributed by atoms with Crippen LogP contribution in [-0.4, -0.2) is 13.4 Å². The van der Waals surface area contributed by atoms with Crippen molar-refractivity contribution in [3.05, 3.63) is 166 Å². The number of fused-ring (bicyclic) bond motifs is 8. The van der Waals surface area contributed by atoms with Gasteiger partial charge < -0.3 is 9.47 Å². The van der Waals surface area contributed by atoms with Crippen LogP contribution in [0.2, 0.25) is 0 Å². The van der Waals surface area contributed by atoms with Gasteiger partial charge in [-0.15, -0.1) is 0 Å². The molecule has 0 saturated carbocycles. The number of rotatable bonds is 4. The molecule has 0 unspecified atom stereocenters. The van der Waals surface area contributed by atoms with Crippen LogP contribution < -0.4 is 42.3 Å². The lowest BCUT2D eigenvalue weighted by Crippen LogP contribution is -2.58. The fraction of sp³-hybridized carbons (Fsp3) is 0.366. The zero-order chi connectivity index (χ0) is 61.3. The first-order valence-corrected chi connectivity index (χ1v) is 32.3. The molecule has 0 N–H and O–H groups in total. The first-order chi connectivity index (χ1) is 40.1. The fourth-order valence-corrected chi connectivity index (χ4v) is 15.7. The van der Waals surface area contributed by atoms with Crippen molar-refractivity contribution in [2.24, 2.45) is 0 Å². The second kappa shape index (κ2) is 18.3. The minimum atomic E-state index is -0.204. The molecule has 0 aliphatic carbocycles. The van der Waals surface area contributed by atoms with Crippen molar-refractivity contribution >= 4 is 78.5 Å². The highest BCUT2D eigenvalue weighted by Crippen LogP contribution is 2.56. The van der Waals surface area contributed by atoms with E-state index < -0.39 is 0 Å². The van der Waals surface area contributed by atoms with E-state index in [-0.39, 0.29) is 57.8 Å². The molecular weight excluding hydrogens is 1040 g/mol. The van der Waals surface area contributed by atoms with Crippen LogP contribution in [-0.2, 0) is 32.5 Å². The zero-order valence-electron chi connectivity index (χ0n) is 55.7. The van der Waals surface area contributed by atoms with E-state index in [1.165, 1.54) is 154 Å². The normalized spacial score (nSPS) is 14.5. The Morgan fingerprint density at radius 2 is 0.628 bits per heavy atom. The van der Waals surface area contributed by atoms with Crippen LogP contribution in [0, 0.1) is 0 Å². The van der Waals surface area contributed by atoms with Crippen LogP contribution in [0.4, 0.5) is 0 Å². The van der Waals surface area contributed by atoms with Gasteiger partial charge in [0.15, 0.2) is 0 Å². The van der Waals surface area contributed by atoms with Gasteiger partial charge in [-0.2, -0.15) is 0 Å². The summed E-state index contributed by atoms with van der Waals surface area (Å²) < 4.78 is 14.5. The fourth-order valence-electron chi connectivity index (χ4n) is 15.7. The Labute approximate surface area is 515 Å². The first-order valence-electron chi connectivity index (χ1n) is 32.3. The summed E-state index contributed by atoms with van der Waals surface area (Å²) >= 11 is 0. The average molecular weight is 1130 g/mol. The number of ether oxygens (including phenoxy) is 2. The molecule has 4 aliphatic heterocycles. The topological polar surface area (TPSA) is 18.5 Å². The maximum atomic E-state index is 7.25. The zero-order valence-corrected chi connectivity index (χ0v) is 55.7. The van der Waals surface area contributed by atoms with Crippen molar-refractivity contribution in [1.29, 1.82) is 0 Å². The number of para-hydroxylation sites is 2. The highest BCUT2D eigenvalue weighted by Gasteiger charge is 2.46. The molecule has 2 nitrogen and oxygen atoms in total. The van der Waals surface area contributed by atoms with Crippen LogP contribution in [0.15, 0.2) is 121 Å². The van der Waals surface area contributed by atoms with Gasteiger partial charge in [0, 0.05) is 0 Å². The number of hydrogen-bond donors (Lipinski definition) is 0. The molecule has 0 spiro atoms. The molecule has 86 heavy (non-hydrogen) atoms. The quantitative estimate of drug-likeness (QED) is 0.129. The maximum absolute atomic E-state index is 7.25. The largest absolute Gasteiger partial charge is 0.458 e. The van der Waals surface area contributed by atoms with Gasteiger partial charge >= 0.3 is 0 Å². The SMILES string of the molecule is CC(C)c1cc2c3c(c1)-c1cc(-c4c(C(C)(C)C)cc(C(C)(C)C)cc4C(C)(C)C)c4cc5c6c(cc(-c7c(C(C)(C)C)cc(C(C)(C)C)cc7C(C)(C)C)c7cc(c1c4c76)B3c1ccccc1O2)-c1cc(C(C)C)cc2c1B5c1ccccc1O2. The lowest BCUT2D eigenvalue weighted by molar-refractivity contribution is 0.486. The Morgan fingerprint density at radius 1 is 0.302 bits per heavy atom. The van der Waals surface area contributed by atoms with E-state index in [1.807, 2.05) is 0 Å². The van der Waals surface area contributed by atoms with Gasteiger partial charge in [-0.05, 0) is 224 Å². The summed E-state index contributed by atoms with van der Waals surface area (Å²) in [6.07, 6.45) is 0. The van der Waals surface area contributed by atoms with Gasteiger partial charge in [0.05, 0.1) is 0 Å². The van der Waals surface area contributed by atoms with Crippen LogP contribution >= 0.6 is 0 Å². The van der Waals surface area contributed by atoms with Gasteiger partial charge in [-0.1, -0.05) is 248 Å². The van der Waals surface area contributed by atoms with Crippen molar-refractivity contribution in [2.75, 3.05) is 0 Å².